The van der Waals surface area contributed by atoms with E-state index >= 15 is 0 Å². The lowest BCUT2D eigenvalue weighted by atomic mass is 10.2. The molecule has 3 rings (SSSR count). The average molecular weight is 468 g/mol. The SMILES string of the molecule is CCOc1ccc(C(=O)Nc2nc(-c3ccc(OC)c(Br)c3)cs2)cc1Cl. The number of rotatable bonds is 6. The smallest absolute Gasteiger partial charge is 0.257 e. The summed E-state index contributed by atoms with van der Waals surface area (Å²) in [6, 6.07) is 10.6. The molecule has 0 radical (unpaired) electrons. The van der Waals surface area contributed by atoms with Crippen molar-refractivity contribution in [3.8, 4) is 22.8 Å². The number of halogens is 2. The first-order valence-corrected chi connectivity index (χ1v) is 10.1. The molecule has 0 unspecified atom stereocenters. The van der Waals surface area contributed by atoms with Crippen LogP contribution >= 0.6 is 38.9 Å². The number of methoxy groups -OCH3 is 1. The van der Waals surface area contributed by atoms with Gasteiger partial charge in [-0.05, 0) is 59.3 Å². The largest absolute Gasteiger partial charge is 0.496 e. The van der Waals surface area contributed by atoms with Crippen LogP contribution in [0.4, 0.5) is 5.13 Å². The van der Waals surface area contributed by atoms with Gasteiger partial charge in [-0.2, -0.15) is 0 Å². The van der Waals surface area contributed by atoms with Crippen LogP contribution in [0.5, 0.6) is 11.5 Å². The Labute approximate surface area is 174 Å². The van der Waals surface area contributed by atoms with Crippen LogP contribution in [0.25, 0.3) is 11.3 Å². The fourth-order valence-electron chi connectivity index (χ4n) is 2.37. The Morgan fingerprint density at radius 3 is 2.70 bits per heavy atom. The number of aromatic nitrogens is 1. The minimum atomic E-state index is -0.281. The highest BCUT2D eigenvalue weighted by atomic mass is 79.9. The number of carbonyl (C=O) groups is 1. The summed E-state index contributed by atoms with van der Waals surface area (Å²) in [4.78, 5) is 16.9. The zero-order valence-corrected chi connectivity index (χ0v) is 17.7. The molecule has 140 valence electrons. The third-order valence-electron chi connectivity index (χ3n) is 3.67. The maximum Gasteiger partial charge on any atom is 0.257 e. The number of nitrogens with zero attached hydrogens (tertiary/aromatic N) is 1. The van der Waals surface area contributed by atoms with Crippen molar-refractivity contribution in [3.05, 3.63) is 56.8 Å². The van der Waals surface area contributed by atoms with Gasteiger partial charge in [0.15, 0.2) is 5.13 Å². The van der Waals surface area contributed by atoms with E-state index in [0.717, 1.165) is 21.5 Å². The quantitative estimate of drug-likeness (QED) is 0.491. The van der Waals surface area contributed by atoms with E-state index in [0.29, 0.717) is 28.1 Å². The second kappa shape index (κ2) is 8.73. The number of benzene rings is 2. The van der Waals surface area contributed by atoms with Crippen molar-refractivity contribution >= 4 is 49.9 Å². The third-order valence-corrected chi connectivity index (χ3v) is 5.34. The normalized spacial score (nSPS) is 10.5. The number of amides is 1. The average Bonchev–Trinajstić information content (AvgIpc) is 3.12. The molecule has 0 saturated heterocycles. The first-order valence-electron chi connectivity index (χ1n) is 8.05. The fraction of sp³-hybridized carbons (Fsp3) is 0.158. The van der Waals surface area contributed by atoms with E-state index in [1.165, 1.54) is 11.3 Å². The Hall–Kier alpha value is -2.09. The first-order chi connectivity index (χ1) is 13.0. The molecule has 1 heterocycles. The molecule has 1 N–H and O–H groups in total. The molecule has 0 aliphatic carbocycles. The Bertz CT molecular complexity index is 977. The van der Waals surface area contributed by atoms with Crippen molar-refractivity contribution in [2.24, 2.45) is 0 Å². The molecule has 5 nitrogen and oxygen atoms in total. The van der Waals surface area contributed by atoms with Crippen molar-refractivity contribution in [3.63, 3.8) is 0 Å². The summed E-state index contributed by atoms with van der Waals surface area (Å²) in [5.74, 6) is 1.02. The lowest BCUT2D eigenvalue weighted by Crippen LogP contribution is -2.11. The van der Waals surface area contributed by atoms with Gasteiger partial charge >= 0.3 is 0 Å². The lowest BCUT2D eigenvalue weighted by molar-refractivity contribution is 0.102. The van der Waals surface area contributed by atoms with Gasteiger partial charge in [0.2, 0.25) is 0 Å². The Morgan fingerprint density at radius 2 is 2.04 bits per heavy atom. The molecule has 0 aliphatic rings. The summed E-state index contributed by atoms with van der Waals surface area (Å²) >= 11 is 11.0. The van der Waals surface area contributed by atoms with Gasteiger partial charge in [-0.1, -0.05) is 11.6 Å². The number of hydrogen-bond acceptors (Lipinski definition) is 5. The molecule has 0 fully saturated rings. The molecule has 0 atom stereocenters. The first kappa shape index (κ1) is 19.7. The van der Waals surface area contributed by atoms with Crippen LogP contribution in [0.3, 0.4) is 0 Å². The zero-order valence-electron chi connectivity index (χ0n) is 14.6. The van der Waals surface area contributed by atoms with Gasteiger partial charge in [0, 0.05) is 16.5 Å². The van der Waals surface area contributed by atoms with E-state index in [1.54, 1.807) is 25.3 Å². The molecule has 8 heteroatoms. The highest BCUT2D eigenvalue weighted by Gasteiger charge is 2.13. The summed E-state index contributed by atoms with van der Waals surface area (Å²) in [5, 5.41) is 5.58. The maximum atomic E-state index is 12.5. The third kappa shape index (κ3) is 4.61. The van der Waals surface area contributed by atoms with Crippen molar-refractivity contribution in [1.29, 1.82) is 0 Å². The molecule has 1 aromatic heterocycles. The van der Waals surface area contributed by atoms with E-state index in [9.17, 15) is 4.79 Å². The molecular formula is C19H16BrClN2O3S. The Kier molecular flexibility index (Phi) is 6.36. The van der Waals surface area contributed by atoms with E-state index in [-0.39, 0.29) is 5.91 Å². The number of ether oxygens (including phenoxy) is 2. The summed E-state index contributed by atoms with van der Waals surface area (Å²) in [6.45, 7) is 2.38. The standard InChI is InChI=1S/C19H16BrClN2O3S/c1-3-26-17-7-5-12(9-14(17)21)18(24)23-19-22-15(10-27-19)11-4-6-16(25-2)13(20)8-11/h4-10H,3H2,1-2H3,(H,22,23,24). The van der Waals surface area contributed by atoms with Crippen LogP contribution in [0.2, 0.25) is 5.02 Å². The van der Waals surface area contributed by atoms with Gasteiger partial charge in [-0.15, -0.1) is 11.3 Å². The topological polar surface area (TPSA) is 60.5 Å². The fourth-order valence-corrected chi connectivity index (χ4v) is 3.86. The minimum absolute atomic E-state index is 0.281. The lowest BCUT2D eigenvalue weighted by Gasteiger charge is -2.07. The van der Waals surface area contributed by atoms with Gasteiger partial charge in [-0.3, -0.25) is 10.1 Å². The van der Waals surface area contributed by atoms with E-state index in [4.69, 9.17) is 21.1 Å². The van der Waals surface area contributed by atoms with Crippen molar-refractivity contribution in [2.75, 3.05) is 19.0 Å². The van der Waals surface area contributed by atoms with E-state index in [2.05, 4.69) is 26.2 Å². The number of anilines is 1. The van der Waals surface area contributed by atoms with E-state index < -0.39 is 0 Å². The number of hydrogen-bond donors (Lipinski definition) is 1. The summed E-state index contributed by atoms with van der Waals surface area (Å²) in [6.07, 6.45) is 0. The number of nitrogens with one attached hydrogen (secondary N) is 1. The molecule has 1 amide bonds. The number of thiazole rings is 1. The minimum Gasteiger partial charge on any atom is -0.496 e. The highest BCUT2D eigenvalue weighted by Crippen LogP contribution is 2.32. The maximum absolute atomic E-state index is 12.5. The number of carbonyl (C=O) groups excluding carboxylic acids is 1. The zero-order chi connectivity index (χ0) is 19.4. The Morgan fingerprint density at radius 1 is 1.26 bits per heavy atom. The molecule has 0 aliphatic heterocycles. The van der Waals surface area contributed by atoms with Gasteiger partial charge in [0.25, 0.3) is 5.91 Å². The molecule has 3 aromatic rings. The van der Waals surface area contributed by atoms with Crippen LogP contribution in [-0.2, 0) is 0 Å². The van der Waals surface area contributed by atoms with Gasteiger partial charge in [0.1, 0.15) is 11.5 Å². The predicted octanol–water partition coefficient (Wildman–Crippen LogP) is 5.89. The van der Waals surface area contributed by atoms with Crippen molar-refractivity contribution in [1.82, 2.24) is 4.98 Å². The van der Waals surface area contributed by atoms with Crippen LogP contribution in [0, 0.1) is 0 Å². The second-order valence-electron chi connectivity index (χ2n) is 5.42. The molecule has 0 saturated carbocycles. The van der Waals surface area contributed by atoms with Crippen LogP contribution in [0.1, 0.15) is 17.3 Å². The van der Waals surface area contributed by atoms with Gasteiger partial charge in [-0.25, -0.2) is 4.98 Å². The monoisotopic (exact) mass is 466 g/mol. The second-order valence-corrected chi connectivity index (χ2v) is 7.54. The molecular weight excluding hydrogens is 452 g/mol. The van der Waals surface area contributed by atoms with E-state index in [1.807, 2.05) is 30.5 Å². The summed E-state index contributed by atoms with van der Waals surface area (Å²) in [5.41, 5.74) is 2.12. The summed E-state index contributed by atoms with van der Waals surface area (Å²) in [7, 11) is 1.61. The predicted molar refractivity (Wildman–Crippen MR) is 112 cm³/mol. The van der Waals surface area contributed by atoms with Gasteiger partial charge in [0.05, 0.1) is 28.9 Å². The highest BCUT2D eigenvalue weighted by molar-refractivity contribution is 9.10. The molecule has 0 spiro atoms. The molecule has 0 bridgehead atoms. The Balaban J connectivity index is 1.74. The van der Waals surface area contributed by atoms with Crippen LogP contribution in [0.15, 0.2) is 46.3 Å². The van der Waals surface area contributed by atoms with Crippen molar-refractivity contribution in [2.45, 2.75) is 6.92 Å². The van der Waals surface area contributed by atoms with Crippen LogP contribution in [-0.4, -0.2) is 24.6 Å². The van der Waals surface area contributed by atoms with Gasteiger partial charge < -0.3 is 9.47 Å². The van der Waals surface area contributed by atoms with Crippen molar-refractivity contribution < 1.29 is 14.3 Å². The molecule has 27 heavy (non-hydrogen) atoms. The molecule has 2 aromatic carbocycles. The summed E-state index contributed by atoms with van der Waals surface area (Å²) < 4.78 is 11.5. The van der Waals surface area contributed by atoms with Crippen LogP contribution < -0.4 is 14.8 Å².